The van der Waals surface area contributed by atoms with Crippen molar-refractivity contribution in [2.75, 3.05) is 0 Å². The van der Waals surface area contributed by atoms with Gasteiger partial charge in [0, 0.05) is 5.56 Å². The molecule has 0 aliphatic heterocycles. The highest BCUT2D eigenvalue weighted by atomic mass is 16.1. The third-order valence-corrected chi connectivity index (χ3v) is 3.67. The molecule has 0 radical (unpaired) electrons. The standard InChI is InChI=1S/C17H22O/c1-13(2)14-9-11-16(12-10-14)17(18)15-7-5-3-4-6-8-15/h7,9-13H,3-6,8H2,1-2H3. The Morgan fingerprint density at radius 1 is 1.06 bits per heavy atom. The molecule has 0 N–H and O–H groups in total. The molecule has 0 unspecified atom stereocenters. The van der Waals surface area contributed by atoms with Crippen LogP contribution in [0, 0.1) is 0 Å². The monoisotopic (exact) mass is 242 g/mol. The Labute approximate surface area is 110 Å². The van der Waals surface area contributed by atoms with E-state index in [1.807, 2.05) is 12.1 Å². The lowest BCUT2D eigenvalue weighted by Crippen LogP contribution is -2.03. The van der Waals surface area contributed by atoms with E-state index < -0.39 is 0 Å². The molecular weight excluding hydrogens is 220 g/mol. The molecule has 1 aromatic carbocycles. The van der Waals surface area contributed by atoms with Crippen molar-refractivity contribution >= 4 is 5.78 Å². The van der Waals surface area contributed by atoms with Crippen LogP contribution in [0.1, 0.15) is 67.8 Å². The maximum Gasteiger partial charge on any atom is 0.188 e. The highest BCUT2D eigenvalue weighted by Crippen LogP contribution is 2.22. The Bertz CT molecular complexity index is 437. The predicted octanol–water partition coefficient (Wildman–Crippen LogP) is 4.88. The van der Waals surface area contributed by atoms with Gasteiger partial charge in [0.2, 0.25) is 0 Å². The average Bonchev–Trinajstić information content (AvgIpc) is 2.67. The van der Waals surface area contributed by atoms with Crippen molar-refractivity contribution in [3.05, 3.63) is 47.0 Å². The van der Waals surface area contributed by atoms with E-state index in [1.165, 1.54) is 18.4 Å². The molecule has 18 heavy (non-hydrogen) atoms. The molecule has 0 bridgehead atoms. The van der Waals surface area contributed by atoms with E-state index in [0.717, 1.165) is 30.4 Å². The van der Waals surface area contributed by atoms with Crippen LogP contribution in [0.4, 0.5) is 0 Å². The maximum absolute atomic E-state index is 12.4. The van der Waals surface area contributed by atoms with E-state index in [4.69, 9.17) is 0 Å². The van der Waals surface area contributed by atoms with Gasteiger partial charge in [0.1, 0.15) is 0 Å². The van der Waals surface area contributed by atoms with Crippen LogP contribution in [0.3, 0.4) is 0 Å². The molecule has 1 aliphatic rings. The summed E-state index contributed by atoms with van der Waals surface area (Å²) in [6.45, 7) is 4.34. The number of benzene rings is 1. The molecule has 1 aromatic rings. The molecule has 96 valence electrons. The fraction of sp³-hybridized carbons (Fsp3) is 0.471. The first-order valence-corrected chi connectivity index (χ1v) is 7.02. The van der Waals surface area contributed by atoms with E-state index in [0.29, 0.717) is 5.92 Å². The number of hydrogen-bond acceptors (Lipinski definition) is 1. The van der Waals surface area contributed by atoms with E-state index in [-0.39, 0.29) is 5.78 Å². The molecule has 1 aliphatic carbocycles. The van der Waals surface area contributed by atoms with Crippen LogP contribution in [0.25, 0.3) is 0 Å². The van der Waals surface area contributed by atoms with Crippen molar-refractivity contribution < 1.29 is 4.79 Å². The molecule has 0 fully saturated rings. The molecule has 0 saturated heterocycles. The normalized spacial score (nSPS) is 16.3. The van der Waals surface area contributed by atoms with Crippen molar-refractivity contribution in [2.24, 2.45) is 0 Å². The van der Waals surface area contributed by atoms with Gasteiger partial charge in [-0.1, -0.05) is 50.6 Å². The van der Waals surface area contributed by atoms with E-state index in [9.17, 15) is 4.79 Å². The van der Waals surface area contributed by atoms with Crippen LogP contribution in [0.15, 0.2) is 35.9 Å². The highest BCUT2D eigenvalue weighted by molar-refractivity contribution is 6.08. The first-order chi connectivity index (χ1) is 8.68. The van der Waals surface area contributed by atoms with Crippen LogP contribution in [-0.4, -0.2) is 5.78 Å². The molecule has 0 spiro atoms. The van der Waals surface area contributed by atoms with Gasteiger partial charge in [-0.05, 0) is 42.7 Å². The van der Waals surface area contributed by atoms with Crippen LogP contribution >= 0.6 is 0 Å². The summed E-state index contributed by atoms with van der Waals surface area (Å²) in [5, 5.41) is 0. The number of carbonyl (C=O) groups is 1. The van der Waals surface area contributed by atoms with Gasteiger partial charge in [-0.25, -0.2) is 0 Å². The summed E-state index contributed by atoms with van der Waals surface area (Å²) in [5.41, 5.74) is 3.15. The SMILES string of the molecule is CC(C)c1ccc(C(=O)C2=CCCCCC2)cc1. The second-order valence-corrected chi connectivity index (χ2v) is 5.43. The van der Waals surface area contributed by atoms with Gasteiger partial charge in [-0.3, -0.25) is 4.79 Å². The lowest BCUT2D eigenvalue weighted by atomic mass is 9.96. The van der Waals surface area contributed by atoms with Crippen LogP contribution in [-0.2, 0) is 0 Å². The molecule has 1 nitrogen and oxygen atoms in total. The Kier molecular flexibility index (Phi) is 4.35. The molecule has 0 aromatic heterocycles. The largest absolute Gasteiger partial charge is 0.289 e. The van der Waals surface area contributed by atoms with Crippen LogP contribution in [0.5, 0.6) is 0 Å². The van der Waals surface area contributed by atoms with Gasteiger partial charge in [0.25, 0.3) is 0 Å². The summed E-state index contributed by atoms with van der Waals surface area (Å²) in [5.74, 6) is 0.749. The minimum Gasteiger partial charge on any atom is -0.289 e. The second kappa shape index (κ2) is 5.99. The number of hydrogen-bond donors (Lipinski definition) is 0. The first-order valence-electron chi connectivity index (χ1n) is 7.02. The summed E-state index contributed by atoms with van der Waals surface area (Å²) in [7, 11) is 0. The minimum atomic E-state index is 0.229. The topological polar surface area (TPSA) is 17.1 Å². The van der Waals surface area contributed by atoms with Gasteiger partial charge in [-0.15, -0.1) is 0 Å². The van der Waals surface area contributed by atoms with Crippen LogP contribution in [0.2, 0.25) is 0 Å². The smallest absolute Gasteiger partial charge is 0.188 e. The van der Waals surface area contributed by atoms with Crippen molar-refractivity contribution in [1.82, 2.24) is 0 Å². The fourth-order valence-corrected chi connectivity index (χ4v) is 2.43. The second-order valence-electron chi connectivity index (χ2n) is 5.43. The van der Waals surface area contributed by atoms with Gasteiger partial charge in [0.05, 0.1) is 0 Å². The number of rotatable bonds is 3. The molecule has 0 saturated carbocycles. The Morgan fingerprint density at radius 2 is 1.78 bits per heavy atom. The molecular formula is C17H22O. The number of allylic oxidation sites excluding steroid dienone is 2. The van der Waals surface area contributed by atoms with Crippen LogP contribution < -0.4 is 0 Å². The first kappa shape index (κ1) is 13.1. The third kappa shape index (κ3) is 3.10. The van der Waals surface area contributed by atoms with E-state index >= 15 is 0 Å². The zero-order valence-corrected chi connectivity index (χ0v) is 11.4. The lowest BCUT2D eigenvalue weighted by molar-refractivity contribution is 0.103. The minimum absolute atomic E-state index is 0.229. The summed E-state index contributed by atoms with van der Waals surface area (Å²) in [4.78, 5) is 12.4. The zero-order valence-electron chi connectivity index (χ0n) is 11.4. The average molecular weight is 242 g/mol. The van der Waals surface area contributed by atoms with Crippen molar-refractivity contribution in [3.8, 4) is 0 Å². The number of carbonyl (C=O) groups excluding carboxylic acids is 1. The summed E-state index contributed by atoms with van der Waals surface area (Å²) in [6, 6.07) is 8.11. The van der Waals surface area contributed by atoms with Gasteiger partial charge in [-0.2, -0.15) is 0 Å². The predicted molar refractivity (Wildman–Crippen MR) is 76.0 cm³/mol. The zero-order chi connectivity index (χ0) is 13.0. The maximum atomic E-state index is 12.4. The Morgan fingerprint density at radius 3 is 2.44 bits per heavy atom. The highest BCUT2D eigenvalue weighted by Gasteiger charge is 2.13. The third-order valence-electron chi connectivity index (χ3n) is 3.67. The number of ketones is 1. The molecule has 0 heterocycles. The Balaban J connectivity index is 2.15. The fourth-order valence-electron chi connectivity index (χ4n) is 2.43. The van der Waals surface area contributed by atoms with E-state index in [1.54, 1.807) is 0 Å². The van der Waals surface area contributed by atoms with Gasteiger partial charge >= 0.3 is 0 Å². The molecule has 0 amide bonds. The molecule has 1 heteroatoms. The molecule has 0 atom stereocenters. The summed E-state index contributed by atoms with van der Waals surface area (Å²) < 4.78 is 0. The van der Waals surface area contributed by atoms with Crippen molar-refractivity contribution in [1.29, 1.82) is 0 Å². The van der Waals surface area contributed by atoms with Gasteiger partial charge < -0.3 is 0 Å². The number of Topliss-reactive ketones (excluding diaryl/α,β-unsaturated/α-hetero) is 1. The summed E-state index contributed by atoms with van der Waals surface area (Å²) >= 11 is 0. The molecule has 2 rings (SSSR count). The lowest BCUT2D eigenvalue weighted by Gasteiger charge is -2.08. The quantitative estimate of drug-likeness (QED) is 0.690. The van der Waals surface area contributed by atoms with Crippen molar-refractivity contribution in [2.45, 2.75) is 51.9 Å². The summed E-state index contributed by atoms with van der Waals surface area (Å²) in [6.07, 6.45) is 7.78. The van der Waals surface area contributed by atoms with Crippen molar-refractivity contribution in [3.63, 3.8) is 0 Å². The van der Waals surface area contributed by atoms with Gasteiger partial charge in [0.15, 0.2) is 5.78 Å². The Hall–Kier alpha value is -1.37. The van der Waals surface area contributed by atoms with E-state index in [2.05, 4.69) is 32.1 Å².